The lowest BCUT2D eigenvalue weighted by Gasteiger charge is -2.52. The van der Waals surface area contributed by atoms with Crippen molar-refractivity contribution in [2.24, 2.45) is 11.7 Å². The van der Waals surface area contributed by atoms with E-state index in [9.17, 15) is 0 Å². The van der Waals surface area contributed by atoms with Crippen molar-refractivity contribution in [2.75, 3.05) is 19.6 Å². The molecule has 2 heteroatoms. The van der Waals surface area contributed by atoms with Crippen molar-refractivity contribution in [1.29, 1.82) is 0 Å². The molecular weight excluding hydrogens is 172 g/mol. The Morgan fingerprint density at radius 1 is 1.36 bits per heavy atom. The number of nitrogens with two attached hydrogens (primary N) is 1. The van der Waals surface area contributed by atoms with Crippen LogP contribution in [0.25, 0.3) is 0 Å². The van der Waals surface area contributed by atoms with Crippen LogP contribution in [0.5, 0.6) is 0 Å². The van der Waals surface area contributed by atoms with Crippen LogP contribution in [0.2, 0.25) is 0 Å². The highest BCUT2D eigenvalue weighted by Crippen LogP contribution is 2.39. The smallest absolute Gasteiger partial charge is 0.0334 e. The third-order valence-corrected chi connectivity index (χ3v) is 4.41. The van der Waals surface area contributed by atoms with Gasteiger partial charge in [-0.3, -0.25) is 4.90 Å². The minimum absolute atomic E-state index is 0.400. The summed E-state index contributed by atoms with van der Waals surface area (Å²) in [5.74, 6) is 0.938. The Labute approximate surface area is 87.8 Å². The zero-order valence-corrected chi connectivity index (χ0v) is 9.47. The fourth-order valence-corrected chi connectivity index (χ4v) is 3.20. The minimum Gasteiger partial charge on any atom is -0.329 e. The fraction of sp³-hybridized carbons (Fsp3) is 1.00. The molecule has 2 atom stereocenters. The molecule has 14 heavy (non-hydrogen) atoms. The Balaban J connectivity index is 2.02. The first-order valence-electron chi connectivity index (χ1n) is 6.26. The molecule has 2 N–H and O–H groups in total. The molecule has 0 radical (unpaired) electrons. The van der Waals surface area contributed by atoms with Crippen LogP contribution in [0.3, 0.4) is 0 Å². The van der Waals surface area contributed by atoms with Crippen LogP contribution >= 0.6 is 0 Å². The molecular formula is C12H24N2. The van der Waals surface area contributed by atoms with E-state index in [1.807, 2.05) is 0 Å². The van der Waals surface area contributed by atoms with Gasteiger partial charge in [0.2, 0.25) is 0 Å². The van der Waals surface area contributed by atoms with Gasteiger partial charge in [-0.2, -0.15) is 0 Å². The number of rotatable bonds is 3. The highest BCUT2D eigenvalue weighted by molar-refractivity contribution is 4.98. The van der Waals surface area contributed by atoms with Crippen LogP contribution < -0.4 is 5.73 Å². The van der Waals surface area contributed by atoms with Gasteiger partial charge in [0.1, 0.15) is 0 Å². The molecule has 2 aliphatic rings. The summed E-state index contributed by atoms with van der Waals surface area (Å²) in [5, 5.41) is 0. The third-order valence-electron chi connectivity index (χ3n) is 4.41. The van der Waals surface area contributed by atoms with E-state index in [1.165, 1.54) is 51.6 Å². The van der Waals surface area contributed by atoms with E-state index >= 15 is 0 Å². The quantitative estimate of drug-likeness (QED) is 0.748. The predicted molar refractivity (Wildman–Crippen MR) is 60.2 cm³/mol. The highest BCUT2D eigenvalue weighted by atomic mass is 15.2. The Morgan fingerprint density at radius 2 is 2.14 bits per heavy atom. The lowest BCUT2D eigenvalue weighted by Crippen LogP contribution is -2.61. The Kier molecular flexibility index (Phi) is 3.13. The predicted octanol–water partition coefficient (Wildman–Crippen LogP) is 1.99. The summed E-state index contributed by atoms with van der Waals surface area (Å²) in [6.07, 6.45) is 8.27. The number of hydrogen-bond acceptors (Lipinski definition) is 2. The molecule has 2 fully saturated rings. The van der Waals surface area contributed by atoms with Gasteiger partial charge in [0.05, 0.1) is 0 Å². The molecule has 1 heterocycles. The zero-order chi connectivity index (χ0) is 10.0. The molecule has 0 aromatic rings. The second-order valence-corrected chi connectivity index (χ2v) is 5.14. The van der Waals surface area contributed by atoms with Gasteiger partial charge in [0.25, 0.3) is 0 Å². The van der Waals surface area contributed by atoms with Crippen LogP contribution in [-0.4, -0.2) is 30.1 Å². The van der Waals surface area contributed by atoms with Crippen molar-refractivity contribution in [3.63, 3.8) is 0 Å². The van der Waals surface area contributed by atoms with Crippen LogP contribution in [-0.2, 0) is 0 Å². The third kappa shape index (κ3) is 1.70. The van der Waals surface area contributed by atoms with Crippen molar-refractivity contribution in [3.8, 4) is 0 Å². The van der Waals surface area contributed by atoms with E-state index < -0.39 is 0 Å². The zero-order valence-electron chi connectivity index (χ0n) is 9.47. The highest BCUT2D eigenvalue weighted by Gasteiger charge is 2.41. The van der Waals surface area contributed by atoms with Crippen LogP contribution in [0.1, 0.15) is 45.4 Å². The van der Waals surface area contributed by atoms with Crippen molar-refractivity contribution >= 4 is 0 Å². The van der Waals surface area contributed by atoms with Crippen molar-refractivity contribution in [2.45, 2.75) is 51.0 Å². The molecule has 0 aromatic heterocycles. The van der Waals surface area contributed by atoms with Gasteiger partial charge in [-0.15, -0.1) is 0 Å². The topological polar surface area (TPSA) is 29.3 Å². The Bertz CT molecular complexity index is 189. The van der Waals surface area contributed by atoms with Crippen LogP contribution in [0, 0.1) is 5.92 Å². The van der Waals surface area contributed by atoms with Crippen LogP contribution in [0.4, 0.5) is 0 Å². The van der Waals surface area contributed by atoms with Crippen LogP contribution in [0.15, 0.2) is 0 Å². The van der Waals surface area contributed by atoms with Gasteiger partial charge in [-0.05, 0) is 38.3 Å². The molecule has 0 amide bonds. The molecule has 2 nitrogen and oxygen atoms in total. The number of nitrogens with zero attached hydrogens (tertiary/aromatic N) is 1. The SMILES string of the molecule is CCC1CCCC(CN)(N2CCC2)C1. The maximum absolute atomic E-state index is 6.02. The van der Waals surface area contributed by atoms with E-state index in [1.54, 1.807) is 0 Å². The largest absolute Gasteiger partial charge is 0.329 e. The lowest BCUT2D eigenvalue weighted by molar-refractivity contribution is -0.00878. The molecule has 0 spiro atoms. The van der Waals surface area contributed by atoms with Gasteiger partial charge in [-0.25, -0.2) is 0 Å². The summed E-state index contributed by atoms with van der Waals surface area (Å²) in [6.45, 7) is 5.80. The van der Waals surface area contributed by atoms with Crippen molar-refractivity contribution < 1.29 is 0 Å². The summed E-state index contributed by atoms with van der Waals surface area (Å²) in [5.41, 5.74) is 6.42. The Hall–Kier alpha value is -0.0800. The van der Waals surface area contributed by atoms with Gasteiger partial charge in [-0.1, -0.05) is 26.2 Å². The average Bonchev–Trinajstić information content (AvgIpc) is 2.15. The van der Waals surface area contributed by atoms with E-state index in [-0.39, 0.29) is 0 Å². The molecule has 1 saturated carbocycles. The molecule has 2 unspecified atom stereocenters. The first kappa shape index (κ1) is 10.4. The van der Waals surface area contributed by atoms with E-state index in [4.69, 9.17) is 5.73 Å². The van der Waals surface area contributed by atoms with E-state index in [0.29, 0.717) is 5.54 Å². The fourth-order valence-electron chi connectivity index (χ4n) is 3.20. The van der Waals surface area contributed by atoms with Crippen molar-refractivity contribution in [3.05, 3.63) is 0 Å². The maximum Gasteiger partial charge on any atom is 0.0334 e. The standard InChI is InChI=1S/C12H24N2/c1-2-11-5-3-6-12(9-11,10-13)14-7-4-8-14/h11H,2-10,13H2,1H3. The number of hydrogen-bond donors (Lipinski definition) is 1. The molecule has 1 saturated heterocycles. The first-order valence-corrected chi connectivity index (χ1v) is 6.26. The summed E-state index contributed by atoms with van der Waals surface area (Å²) in [7, 11) is 0. The average molecular weight is 196 g/mol. The van der Waals surface area contributed by atoms with Gasteiger partial charge < -0.3 is 5.73 Å². The molecule has 2 rings (SSSR count). The van der Waals surface area contributed by atoms with Gasteiger partial charge in [0.15, 0.2) is 0 Å². The Morgan fingerprint density at radius 3 is 2.64 bits per heavy atom. The monoisotopic (exact) mass is 196 g/mol. The van der Waals surface area contributed by atoms with E-state index in [0.717, 1.165) is 12.5 Å². The molecule has 82 valence electrons. The van der Waals surface area contributed by atoms with Gasteiger partial charge >= 0.3 is 0 Å². The van der Waals surface area contributed by atoms with Crippen molar-refractivity contribution in [1.82, 2.24) is 4.90 Å². The summed E-state index contributed by atoms with van der Waals surface area (Å²) in [6, 6.07) is 0. The maximum atomic E-state index is 6.02. The molecule has 0 aromatic carbocycles. The molecule has 1 aliphatic heterocycles. The summed E-state index contributed by atoms with van der Waals surface area (Å²) in [4.78, 5) is 2.65. The summed E-state index contributed by atoms with van der Waals surface area (Å²) >= 11 is 0. The minimum atomic E-state index is 0.400. The molecule has 0 bridgehead atoms. The first-order chi connectivity index (χ1) is 6.80. The second-order valence-electron chi connectivity index (χ2n) is 5.14. The van der Waals surface area contributed by atoms with E-state index in [2.05, 4.69) is 11.8 Å². The second kappa shape index (κ2) is 4.19. The lowest BCUT2D eigenvalue weighted by atomic mass is 9.72. The van der Waals surface area contributed by atoms with Gasteiger partial charge in [0, 0.05) is 12.1 Å². The molecule has 1 aliphatic carbocycles. The normalized spacial score (nSPS) is 39.4. The summed E-state index contributed by atoms with van der Waals surface area (Å²) < 4.78 is 0. The number of likely N-dealkylation sites (tertiary alicyclic amines) is 1.